The lowest BCUT2D eigenvalue weighted by Gasteiger charge is -2.12. The monoisotopic (exact) mass is 305 g/mol. The summed E-state index contributed by atoms with van der Waals surface area (Å²) < 4.78 is 2.05. The average molecular weight is 306 g/mol. The molecule has 0 amide bonds. The molecule has 1 N–H and O–H groups in total. The summed E-state index contributed by atoms with van der Waals surface area (Å²) in [7, 11) is 0. The molecule has 0 fully saturated rings. The Bertz CT molecular complexity index is 629. The van der Waals surface area contributed by atoms with Crippen molar-refractivity contribution in [1.82, 2.24) is 15.1 Å². The van der Waals surface area contributed by atoms with Crippen LogP contribution in [0.15, 0.2) is 18.2 Å². The van der Waals surface area contributed by atoms with Gasteiger partial charge in [0.15, 0.2) is 0 Å². The van der Waals surface area contributed by atoms with Crippen LogP contribution in [0.1, 0.15) is 37.7 Å². The summed E-state index contributed by atoms with van der Waals surface area (Å²) >= 11 is 6.32. The number of hydrogen-bond acceptors (Lipinski definition) is 2. The summed E-state index contributed by atoms with van der Waals surface area (Å²) in [5, 5.41) is 8.83. The van der Waals surface area contributed by atoms with Crippen molar-refractivity contribution < 1.29 is 0 Å². The minimum atomic E-state index is 0.441. The van der Waals surface area contributed by atoms with Crippen LogP contribution in [0.3, 0.4) is 0 Å². The minimum absolute atomic E-state index is 0.441. The van der Waals surface area contributed by atoms with Gasteiger partial charge >= 0.3 is 0 Å². The highest BCUT2D eigenvalue weighted by Crippen LogP contribution is 2.30. The zero-order valence-electron chi connectivity index (χ0n) is 13.5. The molecule has 21 heavy (non-hydrogen) atoms. The first-order valence-electron chi connectivity index (χ1n) is 7.50. The Hall–Kier alpha value is -1.32. The van der Waals surface area contributed by atoms with Crippen LogP contribution in [-0.2, 0) is 13.1 Å². The van der Waals surface area contributed by atoms with E-state index in [0.717, 1.165) is 29.4 Å². The molecule has 0 radical (unpaired) electrons. The summed E-state index contributed by atoms with van der Waals surface area (Å²) in [5.41, 5.74) is 5.82. The third kappa shape index (κ3) is 3.47. The largest absolute Gasteiger partial charge is 0.310 e. The molecule has 114 valence electrons. The molecule has 0 aliphatic carbocycles. The zero-order valence-corrected chi connectivity index (χ0v) is 14.3. The van der Waals surface area contributed by atoms with Crippen molar-refractivity contribution in [2.75, 3.05) is 0 Å². The van der Waals surface area contributed by atoms with Gasteiger partial charge in [0, 0.05) is 35.4 Å². The molecule has 3 nitrogen and oxygen atoms in total. The maximum absolute atomic E-state index is 6.32. The predicted molar refractivity (Wildman–Crippen MR) is 89.8 cm³/mol. The molecule has 1 heterocycles. The topological polar surface area (TPSA) is 29.9 Å². The van der Waals surface area contributed by atoms with E-state index < -0.39 is 0 Å². The van der Waals surface area contributed by atoms with E-state index in [4.69, 9.17) is 11.6 Å². The van der Waals surface area contributed by atoms with Gasteiger partial charge in [0.05, 0.1) is 5.69 Å². The van der Waals surface area contributed by atoms with Gasteiger partial charge in [-0.05, 0) is 44.0 Å². The van der Waals surface area contributed by atoms with Gasteiger partial charge in [0.25, 0.3) is 0 Å². The SMILES string of the molecule is CCn1nc(C)c(-c2ccc(Cl)c(CNC(C)C)c2)c1C. The van der Waals surface area contributed by atoms with Gasteiger partial charge in [-0.3, -0.25) is 4.68 Å². The number of aryl methyl sites for hydroxylation is 2. The van der Waals surface area contributed by atoms with Crippen LogP contribution in [0, 0.1) is 13.8 Å². The normalized spacial score (nSPS) is 11.4. The molecule has 2 rings (SSSR count). The number of rotatable bonds is 5. The van der Waals surface area contributed by atoms with Crippen molar-refractivity contribution in [2.24, 2.45) is 0 Å². The van der Waals surface area contributed by atoms with Crippen molar-refractivity contribution in [3.8, 4) is 11.1 Å². The van der Waals surface area contributed by atoms with Crippen molar-refractivity contribution in [3.63, 3.8) is 0 Å². The second-order valence-electron chi connectivity index (χ2n) is 5.70. The van der Waals surface area contributed by atoms with Gasteiger partial charge in [-0.2, -0.15) is 5.10 Å². The molecule has 1 aromatic heterocycles. The maximum Gasteiger partial charge on any atom is 0.0674 e. The number of hydrogen-bond donors (Lipinski definition) is 1. The van der Waals surface area contributed by atoms with Crippen LogP contribution in [0.2, 0.25) is 5.02 Å². The molecule has 0 saturated heterocycles. The molecule has 0 unspecified atom stereocenters. The summed E-state index contributed by atoms with van der Waals surface area (Å²) in [6.07, 6.45) is 0. The van der Waals surface area contributed by atoms with Crippen LogP contribution >= 0.6 is 11.6 Å². The van der Waals surface area contributed by atoms with Crippen LogP contribution < -0.4 is 5.32 Å². The third-order valence-electron chi connectivity index (χ3n) is 3.72. The highest BCUT2D eigenvalue weighted by Gasteiger charge is 2.14. The van der Waals surface area contributed by atoms with E-state index in [2.05, 4.69) is 57.2 Å². The Balaban J connectivity index is 2.41. The molecular weight excluding hydrogens is 282 g/mol. The van der Waals surface area contributed by atoms with E-state index in [1.807, 2.05) is 10.7 Å². The van der Waals surface area contributed by atoms with Gasteiger partial charge in [0.1, 0.15) is 0 Å². The molecule has 2 aromatic rings. The van der Waals surface area contributed by atoms with E-state index >= 15 is 0 Å². The molecule has 0 saturated carbocycles. The average Bonchev–Trinajstić information content (AvgIpc) is 2.72. The predicted octanol–water partition coefficient (Wildman–Crippen LogP) is 4.34. The van der Waals surface area contributed by atoms with Crippen LogP contribution in [0.25, 0.3) is 11.1 Å². The van der Waals surface area contributed by atoms with Gasteiger partial charge in [-0.1, -0.05) is 31.5 Å². The lowest BCUT2D eigenvalue weighted by molar-refractivity contribution is 0.589. The van der Waals surface area contributed by atoms with Crippen molar-refractivity contribution in [1.29, 1.82) is 0 Å². The number of nitrogens with zero attached hydrogens (tertiary/aromatic N) is 2. The highest BCUT2D eigenvalue weighted by atomic mass is 35.5. The van der Waals surface area contributed by atoms with Gasteiger partial charge in [-0.25, -0.2) is 0 Å². The third-order valence-corrected chi connectivity index (χ3v) is 4.08. The first-order chi connectivity index (χ1) is 9.93. The first-order valence-corrected chi connectivity index (χ1v) is 7.88. The number of aromatic nitrogens is 2. The maximum atomic E-state index is 6.32. The lowest BCUT2D eigenvalue weighted by Crippen LogP contribution is -2.22. The molecular formula is C17H24ClN3. The smallest absolute Gasteiger partial charge is 0.0674 e. The lowest BCUT2D eigenvalue weighted by atomic mass is 10.0. The van der Waals surface area contributed by atoms with E-state index in [-0.39, 0.29) is 0 Å². The van der Waals surface area contributed by atoms with E-state index in [9.17, 15) is 0 Å². The second kappa shape index (κ2) is 6.63. The van der Waals surface area contributed by atoms with Gasteiger partial charge in [-0.15, -0.1) is 0 Å². The van der Waals surface area contributed by atoms with Crippen LogP contribution in [0.5, 0.6) is 0 Å². The standard InChI is InChI=1S/C17H24ClN3/c1-6-21-13(5)17(12(4)20-21)14-7-8-16(18)15(9-14)10-19-11(2)3/h7-9,11,19H,6,10H2,1-5H3. The van der Waals surface area contributed by atoms with Crippen LogP contribution in [0.4, 0.5) is 0 Å². The van der Waals surface area contributed by atoms with Crippen molar-refractivity contribution in [3.05, 3.63) is 40.2 Å². The van der Waals surface area contributed by atoms with Gasteiger partial charge in [0.2, 0.25) is 0 Å². The summed E-state index contributed by atoms with van der Waals surface area (Å²) in [6, 6.07) is 6.68. The summed E-state index contributed by atoms with van der Waals surface area (Å²) in [4.78, 5) is 0. The van der Waals surface area contributed by atoms with E-state index in [1.165, 1.54) is 16.8 Å². The first kappa shape index (κ1) is 16.1. The van der Waals surface area contributed by atoms with Crippen LogP contribution in [-0.4, -0.2) is 15.8 Å². The fourth-order valence-corrected chi connectivity index (χ4v) is 2.79. The Morgan fingerprint density at radius 1 is 1.29 bits per heavy atom. The van der Waals surface area contributed by atoms with Gasteiger partial charge < -0.3 is 5.32 Å². The Kier molecular flexibility index (Phi) is 5.07. The number of nitrogens with one attached hydrogen (secondary N) is 1. The quantitative estimate of drug-likeness (QED) is 0.890. The Morgan fingerprint density at radius 3 is 2.57 bits per heavy atom. The molecule has 4 heteroatoms. The highest BCUT2D eigenvalue weighted by molar-refractivity contribution is 6.31. The molecule has 0 aliphatic heterocycles. The fraction of sp³-hybridized carbons (Fsp3) is 0.471. The molecule has 0 spiro atoms. The zero-order chi connectivity index (χ0) is 15.6. The van der Waals surface area contributed by atoms with Crippen molar-refractivity contribution in [2.45, 2.75) is 53.8 Å². The van der Waals surface area contributed by atoms with Crippen molar-refractivity contribution >= 4 is 11.6 Å². The summed E-state index contributed by atoms with van der Waals surface area (Å²) in [5.74, 6) is 0. The Morgan fingerprint density at radius 2 is 2.00 bits per heavy atom. The fourth-order valence-electron chi connectivity index (χ4n) is 2.60. The number of halogens is 1. The molecule has 0 aliphatic rings. The second-order valence-corrected chi connectivity index (χ2v) is 6.11. The Labute approximate surface area is 132 Å². The molecule has 0 atom stereocenters. The molecule has 1 aromatic carbocycles. The van der Waals surface area contributed by atoms with E-state index in [1.54, 1.807) is 0 Å². The molecule has 0 bridgehead atoms. The summed E-state index contributed by atoms with van der Waals surface area (Å²) in [6.45, 7) is 12.2. The minimum Gasteiger partial charge on any atom is -0.310 e. The van der Waals surface area contributed by atoms with E-state index in [0.29, 0.717) is 6.04 Å². The number of benzene rings is 1.